The van der Waals surface area contributed by atoms with E-state index in [0.29, 0.717) is 15.8 Å². The summed E-state index contributed by atoms with van der Waals surface area (Å²) in [7, 11) is 0. The molecule has 0 aliphatic heterocycles. The van der Waals surface area contributed by atoms with Crippen molar-refractivity contribution < 1.29 is 14.3 Å². The van der Waals surface area contributed by atoms with E-state index in [1.54, 1.807) is 6.07 Å². The lowest BCUT2D eigenvalue weighted by Crippen LogP contribution is -1.98. The van der Waals surface area contributed by atoms with Gasteiger partial charge in [-0.2, -0.15) is 5.10 Å². The molecule has 2 N–H and O–H groups in total. The number of aromatic nitrogens is 2. The summed E-state index contributed by atoms with van der Waals surface area (Å²) in [6.07, 6.45) is 1.45. The zero-order valence-electron chi connectivity index (χ0n) is 8.48. The second kappa shape index (κ2) is 4.42. The molecule has 6 heteroatoms. The van der Waals surface area contributed by atoms with Crippen LogP contribution in [0.5, 0.6) is 0 Å². The number of carboxylic acids is 1. The predicted octanol–water partition coefficient (Wildman–Crippen LogP) is 2.64. The molecule has 0 aliphatic rings. The predicted molar refractivity (Wildman–Crippen MR) is 61.8 cm³/mol. The van der Waals surface area contributed by atoms with E-state index < -0.39 is 11.8 Å². The number of H-pyrrole nitrogens is 1. The van der Waals surface area contributed by atoms with Gasteiger partial charge in [-0.3, -0.25) is 5.10 Å². The number of carboxylic acid groups (broad SMARTS) is 1. The summed E-state index contributed by atoms with van der Waals surface area (Å²) in [6.45, 7) is 0. The highest BCUT2D eigenvalue weighted by atomic mass is 32.1. The molecule has 0 unspecified atom stereocenters. The minimum absolute atomic E-state index is 0.112. The van der Waals surface area contributed by atoms with Gasteiger partial charge in [0.25, 0.3) is 0 Å². The van der Waals surface area contributed by atoms with Crippen LogP contribution in [0.2, 0.25) is 0 Å². The fourth-order valence-electron chi connectivity index (χ4n) is 1.41. The number of halogens is 1. The van der Waals surface area contributed by atoms with Crippen LogP contribution < -0.4 is 0 Å². The van der Waals surface area contributed by atoms with Gasteiger partial charge in [-0.05, 0) is 29.8 Å². The maximum atomic E-state index is 13.3. The van der Waals surface area contributed by atoms with Gasteiger partial charge in [0.15, 0.2) is 0 Å². The monoisotopic (exact) mass is 250 g/mol. The van der Waals surface area contributed by atoms with Gasteiger partial charge in [-0.1, -0.05) is 12.2 Å². The Kier molecular flexibility index (Phi) is 2.97. The van der Waals surface area contributed by atoms with Crippen LogP contribution in [0.15, 0.2) is 30.5 Å². The minimum Gasteiger partial charge on any atom is -0.478 e. The van der Waals surface area contributed by atoms with Gasteiger partial charge in [0.2, 0.25) is 0 Å². The maximum absolute atomic E-state index is 13.3. The summed E-state index contributed by atoms with van der Waals surface area (Å²) in [6, 6.07) is 5.15. The van der Waals surface area contributed by atoms with Crippen LogP contribution in [-0.2, 0) is 0 Å². The molecule has 86 valence electrons. The molecule has 4 nitrogen and oxygen atoms in total. The first-order chi connectivity index (χ1) is 8.06. The highest BCUT2D eigenvalue weighted by molar-refractivity contribution is 7.71. The molecule has 0 fully saturated rings. The number of nitrogens with zero attached hydrogens (tertiary/aromatic N) is 1. The van der Waals surface area contributed by atoms with Crippen LogP contribution in [0.3, 0.4) is 0 Å². The maximum Gasteiger partial charge on any atom is 0.335 e. The Morgan fingerprint density at radius 3 is 2.71 bits per heavy atom. The quantitative estimate of drug-likeness (QED) is 0.804. The molecule has 1 aromatic carbocycles. The number of aromatic amines is 1. The summed E-state index contributed by atoms with van der Waals surface area (Å²) in [4.78, 5) is 10.8. The van der Waals surface area contributed by atoms with Crippen LogP contribution in [-0.4, -0.2) is 21.3 Å². The first-order valence-electron chi connectivity index (χ1n) is 4.65. The summed E-state index contributed by atoms with van der Waals surface area (Å²) in [5.41, 5.74) is 0.879. The molecule has 1 aromatic heterocycles. The van der Waals surface area contributed by atoms with Gasteiger partial charge < -0.3 is 5.11 Å². The van der Waals surface area contributed by atoms with Crippen molar-refractivity contribution in [1.82, 2.24) is 10.2 Å². The normalized spacial score (nSPS) is 10.2. The van der Waals surface area contributed by atoms with Crippen molar-refractivity contribution in [3.8, 4) is 11.1 Å². The van der Waals surface area contributed by atoms with Crippen LogP contribution in [0.4, 0.5) is 4.39 Å². The molecule has 0 amide bonds. The van der Waals surface area contributed by atoms with Crippen molar-refractivity contribution in [2.45, 2.75) is 0 Å². The molecular formula is C11H7FN2O2S. The van der Waals surface area contributed by atoms with Gasteiger partial charge in [0.1, 0.15) is 10.5 Å². The first-order valence-corrected chi connectivity index (χ1v) is 5.06. The Labute approximate surface area is 101 Å². The lowest BCUT2D eigenvalue weighted by Gasteiger charge is -2.03. The molecule has 17 heavy (non-hydrogen) atoms. The number of rotatable bonds is 2. The Bertz CT molecular complexity index is 639. The van der Waals surface area contributed by atoms with Crippen molar-refractivity contribution in [1.29, 1.82) is 0 Å². The number of nitrogens with one attached hydrogen (secondary N) is 1. The summed E-state index contributed by atoms with van der Waals surface area (Å²) >= 11 is 4.89. The van der Waals surface area contributed by atoms with E-state index in [-0.39, 0.29) is 5.56 Å². The second-order valence-corrected chi connectivity index (χ2v) is 3.81. The third-order valence-corrected chi connectivity index (χ3v) is 2.35. The van der Waals surface area contributed by atoms with E-state index in [2.05, 4.69) is 10.2 Å². The third kappa shape index (κ3) is 2.54. The molecule has 2 aromatic rings. The van der Waals surface area contributed by atoms with Crippen LogP contribution in [0.1, 0.15) is 10.4 Å². The Morgan fingerprint density at radius 2 is 2.06 bits per heavy atom. The van der Waals surface area contributed by atoms with Gasteiger partial charge in [-0.25, -0.2) is 9.18 Å². The lowest BCUT2D eigenvalue weighted by molar-refractivity contribution is 0.0696. The Balaban J connectivity index is 2.59. The zero-order chi connectivity index (χ0) is 12.4. The molecule has 0 atom stereocenters. The van der Waals surface area contributed by atoms with Crippen LogP contribution in [0, 0.1) is 10.5 Å². The second-order valence-electron chi connectivity index (χ2n) is 3.37. The van der Waals surface area contributed by atoms with Gasteiger partial charge in [0.05, 0.1) is 11.8 Å². The Morgan fingerprint density at radius 1 is 1.29 bits per heavy atom. The fourth-order valence-corrected chi connectivity index (χ4v) is 1.59. The summed E-state index contributed by atoms with van der Waals surface area (Å²) < 4.78 is 13.6. The van der Waals surface area contributed by atoms with Gasteiger partial charge >= 0.3 is 5.97 Å². The molecule has 1 heterocycles. The molecule has 0 saturated heterocycles. The molecule has 0 spiro atoms. The van der Waals surface area contributed by atoms with Crippen molar-refractivity contribution in [2.75, 3.05) is 0 Å². The number of hydrogen-bond acceptors (Lipinski definition) is 3. The number of aromatic carboxylic acids is 1. The summed E-state index contributed by atoms with van der Waals surface area (Å²) in [5.74, 6) is -1.79. The average Bonchev–Trinajstić information content (AvgIpc) is 2.28. The highest BCUT2D eigenvalue weighted by Gasteiger charge is 2.08. The zero-order valence-corrected chi connectivity index (χ0v) is 9.29. The van der Waals surface area contributed by atoms with Crippen molar-refractivity contribution in [3.63, 3.8) is 0 Å². The van der Waals surface area contributed by atoms with E-state index in [9.17, 15) is 9.18 Å². The fraction of sp³-hybridized carbons (Fsp3) is 0. The molecule has 0 aliphatic carbocycles. The lowest BCUT2D eigenvalue weighted by atomic mass is 10.1. The van der Waals surface area contributed by atoms with E-state index in [0.717, 1.165) is 6.07 Å². The van der Waals surface area contributed by atoms with Crippen LogP contribution in [0.25, 0.3) is 11.1 Å². The molecule has 0 bridgehead atoms. The highest BCUT2D eigenvalue weighted by Crippen LogP contribution is 2.21. The van der Waals surface area contributed by atoms with E-state index in [1.807, 2.05) is 0 Å². The molecule has 0 radical (unpaired) electrons. The minimum atomic E-state index is -1.18. The standard InChI is InChI=1S/C11H7FN2O2S/c12-9-2-6(1-7(3-9)11(15)16)8-4-10(17)14-13-5-8/h1-5H,(H,14,17)(H,15,16). The first kappa shape index (κ1) is 11.4. The van der Waals surface area contributed by atoms with E-state index in [4.69, 9.17) is 17.3 Å². The topological polar surface area (TPSA) is 66.0 Å². The number of carbonyl (C=O) groups is 1. The van der Waals surface area contributed by atoms with Crippen LogP contribution >= 0.6 is 12.2 Å². The Hall–Kier alpha value is -2.08. The number of hydrogen-bond donors (Lipinski definition) is 2. The van der Waals surface area contributed by atoms with Gasteiger partial charge in [0, 0.05) is 5.56 Å². The largest absolute Gasteiger partial charge is 0.478 e. The van der Waals surface area contributed by atoms with Gasteiger partial charge in [-0.15, -0.1) is 0 Å². The summed E-state index contributed by atoms with van der Waals surface area (Å²) in [5, 5.41) is 15.1. The average molecular weight is 250 g/mol. The van der Waals surface area contributed by atoms with Crippen molar-refractivity contribution >= 4 is 18.2 Å². The van der Waals surface area contributed by atoms with Crippen molar-refractivity contribution in [3.05, 3.63) is 46.5 Å². The smallest absolute Gasteiger partial charge is 0.335 e. The SMILES string of the molecule is O=C(O)c1cc(F)cc(-c2cn[nH]c(=S)c2)c1. The van der Waals surface area contributed by atoms with E-state index in [1.165, 1.54) is 18.3 Å². The molecule has 2 rings (SSSR count). The third-order valence-electron chi connectivity index (χ3n) is 2.14. The molecular weight excluding hydrogens is 243 g/mol. The van der Waals surface area contributed by atoms with Crippen molar-refractivity contribution in [2.24, 2.45) is 0 Å². The molecule has 0 saturated carbocycles. The van der Waals surface area contributed by atoms with E-state index >= 15 is 0 Å². The number of benzene rings is 1.